The zero-order chi connectivity index (χ0) is 19.5. The number of benzene rings is 1. The van der Waals surface area contributed by atoms with Gasteiger partial charge in [-0.1, -0.05) is 18.2 Å². The number of hydrogen-bond donors (Lipinski definition) is 3. The summed E-state index contributed by atoms with van der Waals surface area (Å²) in [6.45, 7) is 1.51. The molecule has 140 valence electrons. The first kappa shape index (κ1) is 16.5. The second kappa shape index (κ2) is 5.66. The molecule has 1 saturated heterocycles. The summed E-state index contributed by atoms with van der Waals surface area (Å²) in [6, 6.07) is 8.72. The zero-order valence-corrected chi connectivity index (χ0v) is 14.8. The molecule has 0 saturated carbocycles. The van der Waals surface area contributed by atoms with Crippen molar-refractivity contribution in [3.63, 3.8) is 0 Å². The fraction of sp³-hybridized carbons (Fsp3) is 0.316. The highest BCUT2D eigenvalue weighted by atomic mass is 16.2. The predicted octanol–water partition coefficient (Wildman–Crippen LogP) is 0.700. The van der Waals surface area contributed by atoms with Gasteiger partial charge in [-0.2, -0.15) is 10.2 Å². The molecule has 0 unspecified atom stereocenters. The summed E-state index contributed by atoms with van der Waals surface area (Å²) in [7, 11) is 0. The van der Waals surface area contributed by atoms with Crippen LogP contribution in [0.2, 0.25) is 0 Å². The number of anilines is 3. The molecule has 0 aliphatic carbocycles. The van der Waals surface area contributed by atoms with Crippen LogP contribution in [-0.4, -0.2) is 34.9 Å². The lowest BCUT2D eigenvalue weighted by molar-refractivity contribution is -0.127. The topological polar surface area (TPSA) is 131 Å². The predicted molar refractivity (Wildman–Crippen MR) is 99.9 cm³/mol. The average molecular weight is 376 g/mol. The molecule has 3 N–H and O–H groups in total. The lowest BCUT2D eigenvalue weighted by Gasteiger charge is -2.36. The lowest BCUT2D eigenvalue weighted by Crippen LogP contribution is -2.54. The Bertz CT molecular complexity index is 1130. The molecule has 1 aromatic heterocycles. The molecule has 2 amide bonds. The van der Waals surface area contributed by atoms with Crippen molar-refractivity contribution in [3.05, 3.63) is 45.7 Å². The van der Waals surface area contributed by atoms with Crippen LogP contribution < -0.4 is 21.1 Å². The van der Waals surface area contributed by atoms with E-state index in [0.29, 0.717) is 17.2 Å². The molecule has 28 heavy (non-hydrogen) atoms. The van der Waals surface area contributed by atoms with Gasteiger partial charge in [0.15, 0.2) is 0 Å². The number of rotatable bonds is 1. The van der Waals surface area contributed by atoms with Gasteiger partial charge in [-0.3, -0.25) is 19.4 Å². The van der Waals surface area contributed by atoms with Crippen LogP contribution in [0.5, 0.6) is 0 Å². The first-order chi connectivity index (χ1) is 13.6. The van der Waals surface area contributed by atoms with Crippen molar-refractivity contribution < 1.29 is 9.59 Å². The summed E-state index contributed by atoms with van der Waals surface area (Å²) in [6.07, 6.45) is 1.98. The third kappa shape index (κ3) is 1.94. The normalized spacial score (nSPS) is 25.1. The van der Waals surface area contributed by atoms with Gasteiger partial charge >= 0.3 is 0 Å². The maximum atomic E-state index is 13.2. The summed E-state index contributed by atoms with van der Waals surface area (Å²) in [5.41, 5.74) is -1.34. The number of aromatic nitrogens is 2. The number of carbonyl (C=O) groups excluding carboxylic acids is 2. The smallest absolute Gasteiger partial charge is 0.259 e. The first-order valence-electron chi connectivity index (χ1n) is 9.08. The molecule has 0 bridgehead atoms. The Morgan fingerprint density at radius 2 is 1.89 bits per heavy atom. The van der Waals surface area contributed by atoms with E-state index in [-0.39, 0.29) is 11.4 Å². The number of fused-ring (bicyclic) bond motifs is 4. The van der Waals surface area contributed by atoms with E-state index in [0.717, 1.165) is 25.9 Å². The quantitative estimate of drug-likeness (QED) is 0.671. The molecule has 5 rings (SSSR count). The molecule has 2 atom stereocenters. The van der Waals surface area contributed by atoms with E-state index in [1.807, 2.05) is 11.0 Å². The van der Waals surface area contributed by atoms with E-state index >= 15 is 0 Å². The standard InChI is InChI=1S/C19H16N6O3/c20-9-11-15(26)22-14-13(16(27)24-18(23-14)25-7-3-4-8-25)19(11)10-5-1-2-6-12(10)21-17(19)28/h1-2,5-6,11H,3-4,7-8H2,(H,21,28)(H2,22,23,24,26,27)/t11-,19-/m0/s1. The van der Waals surface area contributed by atoms with Gasteiger partial charge in [0.25, 0.3) is 5.56 Å². The third-order valence-electron chi connectivity index (χ3n) is 5.73. The van der Waals surface area contributed by atoms with Gasteiger partial charge in [0, 0.05) is 18.8 Å². The first-order valence-corrected chi connectivity index (χ1v) is 9.08. The molecular formula is C19H16N6O3. The number of amides is 2. The van der Waals surface area contributed by atoms with Crippen molar-refractivity contribution >= 4 is 29.3 Å². The van der Waals surface area contributed by atoms with Gasteiger partial charge in [-0.25, -0.2) is 0 Å². The zero-order valence-electron chi connectivity index (χ0n) is 14.8. The molecule has 3 aliphatic rings. The number of aromatic amines is 1. The van der Waals surface area contributed by atoms with Crippen molar-refractivity contribution in [1.82, 2.24) is 9.97 Å². The molecule has 2 aromatic rings. The maximum absolute atomic E-state index is 13.2. The van der Waals surface area contributed by atoms with Crippen LogP contribution in [0.15, 0.2) is 29.1 Å². The van der Waals surface area contributed by atoms with E-state index in [2.05, 4.69) is 20.6 Å². The Hall–Kier alpha value is -3.67. The minimum atomic E-state index is -1.73. The SMILES string of the molecule is N#C[C@H]1C(=O)Nc2nc(N3CCCC3)[nH]c(=O)c2[C@@]12C(=O)Nc1ccccc12. The van der Waals surface area contributed by atoms with E-state index in [1.54, 1.807) is 24.3 Å². The van der Waals surface area contributed by atoms with Gasteiger partial charge in [0.05, 0.1) is 11.6 Å². The average Bonchev–Trinajstić information content (AvgIpc) is 3.30. The highest BCUT2D eigenvalue weighted by Gasteiger charge is 2.61. The van der Waals surface area contributed by atoms with Crippen LogP contribution in [0.25, 0.3) is 0 Å². The molecule has 1 spiro atoms. The fourth-order valence-electron chi connectivity index (χ4n) is 4.50. The molecule has 0 radical (unpaired) electrons. The second-order valence-corrected chi connectivity index (χ2v) is 7.17. The van der Waals surface area contributed by atoms with E-state index in [1.165, 1.54) is 0 Å². The summed E-state index contributed by atoms with van der Waals surface area (Å²) in [4.78, 5) is 48.2. The number of para-hydroxylation sites is 1. The molecule has 1 aromatic carbocycles. The van der Waals surface area contributed by atoms with Crippen molar-refractivity contribution in [2.24, 2.45) is 5.92 Å². The van der Waals surface area contributed by atoms with Crippen LogP contribution >= 0.6 is 0 Å². The number of carbonyl (C=O) groups is 2. The van der Waals surface area contributed by atoms with Crippen LogP contribution in [-0.2, 0) is 15.0 Å². The van der Waals surface area contributed by atoms with E-state index in [9.17, 15) is 19.6 Å². The number of nitrogens with one attached hydrogen (secondary N) is 3. The summed E-state index contributed by atoms with van der Waals surface area (Å²) in [5.74, 6) is -2.21. The number of H-pyrrole nitrogens is 1. The maximum Gasteiger partial charge on any atom is 0.259 e. The molecule has 3 aliphatic heterocycles. The molecule has 1 fully saturated rings. The summed E-state index contributed by atoms with van der Waals surface area (Å²) >= 11 is 0. The highest BCUT2D eigenvalue weighted by Crippen LogP contribution is 2.50. The van der Waals surface area contributed by atoms with E-state index < -0.39 is 28.7 Å². The van der Waals surface area contributed by atoms with Crippen LogP contribution in [0, 0.1) is 17.2 Å². The van der Waals surface area contributed by atoms with Crippen molar-refractivity contribution in [3.8, 4) is 6.07 Å². The van der Waals surface area contributed by atoms with Crippen molar-refractivity contribution in [2.75, 3.05) is 28.6 Å². The van der Waals surface area contributed by atoms with Gasteiger partial charge in [-0.05, 0) is 24.5 Å². The minimum absolute atomic E-state index is 0.00375. The van der Waals surface area contributed by atoms with Gasteiger partial charge in [0.1, 0.15) is 17.2 Å². The number of hydrogen-bond acceptors (Lipinski definition) is 6. The Morgan fingerprint density at radius 3 is 2.64 bits per heavy atom. The monoisotopic (exact) mass is 376 g/mol. The van der Waals surface area contributed by atoms with Crippen molar-refractivity contribution in [1.29, 1.82) is 5.26 Å². The Labute approximate surface area is 159 Å². The number of nitrogens with zero attached hydrogens (tertiary/aromatic N) is 3. The Balaban J connectivity index is 1.82. The number of nitriles is 1. The molecule has 4 heterocycles. The molecule has 9 nitrogen and oxygen atoms in total. The van der Waals surface area contributed by atoms with Crippen molar-refractivity contribution in [2.45, 2.75) is 18.3 Å². The molecular weight excluding hydrogens is 360 g/mol. The van der Waals surface area contributed by atoms with Crippen LogP contribution in [0.1, 0.15) is 24.0 Å². The fourth-order valence-corrected chi connectivity index (χ4v) is 4.50. The van der Waals surface area contributed by atoms with Crippen LogP contribution in [0.4, 0.5) is 17.5 Å². The van der Waals surface area contributed by atoms with Gasteiger partial charge < -0.3 is 15.5 Å². The lowest BCUT2D eigenvalue weighted by atomic mass is 9.65. The van der Waals surface area contributed by atoms with E-state index in [4.69, 9.17) is 0 Å². The summed E-state index contributed by atoms with van der Waals surface area (Å²) in [5, 5.41) is 15.0. The highest BCUT2D eigenvalue weighted by molar-refractivity contribution is 6.16. The van der Waals surface area contributed by atoms with Crippen LogP contribution in [0.3, 0.4) is 0 Å². The van der Waals surface area contributed by atoms with Gasteiger partial charge in [0.2, 0.25) is 17.8 Å². The van der Waals surface area contributed by atoms with Gasteiger partial charge in [-0.15, -0.1) is 0 Å². The minimum Gasteiger partial charge on any atom is -0.342 e. The second-order valence-electron chi connectivity index (χ2n) is 7.17. The third-order valence-corrected chi connectivity index (χ3v) is 5.73. The Kier molecular flexibility index (Phi) is 3.34. The summed E-state index contributed by atoms with van der Waals surface area (Å²) < 4.78 is 0. The Morgan fingerprint density at radius 1 is 1.14 bits per heavy atom. The largest absolute Gasteiger partial charge is 0.342 e. The molecule has 9 heteroatoms.